The summed E-state index contributed by atoms with van der Waals surface area (Å²) in [6, 6.07) is 1.36. The van der Waals surface area contributed by atoms with Gasteiger partial charge in [0.1, 0.15) is 16.4 Å². The largest absolute Gasteiger partial charge is 0.467 e. The zero-order valence-corrected chi connectivity index (χ0v) is 11.1. The molecule has 0 saturated heterocycles. The molecule has 0 aliphatic heterocycles. The van der Waals surface area contributed by atoms with Crippen molar-refractivity contribution in [2.75, 3.05) is 19.4 Å². The molecule has 4 N–H and O–H groups in total. The van der Waals surface area contributed by atoms with Crippen LogP contribution in [0.5, 0.6) is 0 Å². The second kappa shape index (κ2) is 6.11. The third kappa shape index (κ3) is 3.40. The predicted molar refractivity (Wildman–Crippen MR) is 64.0 cm³/mol. The highest BCUT2D eigenvalue weighted by Crippen LogP contribution is 2.22. The molecule has 0 fully saturated rings. The number of nitrogen functional groups attached to an aromatic ring is 1. The third-order valence-corrected chi connectivity index (χ3v) is 3.76. The second-order valence-corrected chi connectivity index (χ2v) is 5.40. The molecule has 1 aromatic carbocycles. The molecule has 0 aliphatic carbocycles. The Kier molecular flexibility index (Phi) is 4.98. The van der Waals surface area contributed by atoms with Gasteiger partial charge >= 0.3 is 5.97 Å². The monoisotopic (exact) mass is 310 g/mol. The molecule has 0 saturated carbocycles. The Morgan fingerprint density at radius 3 is 2.65 bits per heavy atom. The number of benzene rings is 1. The number of rotatable bonds is 5. The first-order valence-corrected chi connectivity index (χ1v) is 6.68. The summed E-state index contributed by atoms with van der Waals surface area (Å²) in [6.07, 6.45) is -1.75. The van der Waals surface area contributed by atoms with Gasteiger partial charge in [-0.1, -0.05) is 0 Å². The van der Waals surface area contributed by atoms with Crippen LogP contribution >= 0.6 is 0 Å². The van der Waals surface area contributed by atoms with Crippen LogP contribution in [0.15, 0.2) is 17.0 Å². The van der Waals surface area contributed by atoms with Crippen LogP contribution < -0.4 is 10.5 Å². The summed E-state index contributed by atoms with van der Waals surface area (Å²) in [5.74, 6) is -3.62. The number of methoxy groups -OCH3 is 1. The lowest BCUT2D eigenvalue weighted by atomic mass is 10.3. The van der Waals surface area contributed by atoms with Crippen molar-refractivity contribution in [3.05, 3.63) is 23.8 Å². The van der Waals surface area contributed by atoms with Crippen molar-refractivity contribution in [3.8, 4) is 0 Å². The van der Waals surface area contributed by atoms with E-state index in [0.29, 0.717) is 12.1 Å². The summed E-state index contributed by atoms with van der Waals surface area (Å²) in [5.41, 5.74) is 4.10. The van der Waals surface area contributed by atoms with Crippen LogP contribution in [0, 0.1) is 11.6 Å². The molecule has 0 aliphatic rings. The fourth-order valence-corrected chi connectivity index (χ4v) is 2.37. The minimum atomic E-state index is -4.41. The first-order valence-electron chi connectivity index (χ1n) is 5.19. The number of hydrogen-bond donors (Lipinski definition) is 3. The summed E-state index contributed by atoms with van der Waals surface area (Å²) >= 11 is 0. The molecule has 0 radical (unpaired) electrons. The predicted octanol–water partition coefficient (Wildman–Crippen LogP) is -0.641. The van der Waals surface area contributed by atoms with E-state index in [-0.39, 0.29) is 0 Å². The van der Waals surface area contributed by atoms with Crippen LogP contribution in [0.2, 0.25) is 0 Å². The number of ether oxygens (including phenoxy) is 1. The topological polar surface area (TPSA) is 119 Å². The molecular weight excluding hydrogens is 298 g/mol. The molecule has 0 heterocycles. The SMILES string of the molecule is COC(=O)C(O)CNS(=O)(=O)c1ccc(F)c(N)c1F. The van der Waals surface area contributed by atoms with Crippen molar-refractivity contribution in [2.45, 2.75) is 11.0 Å². The van der Waals surface area contributed by atoms with Crippen LogP contribution in [0.3, 0.4) is 0 Å². The van der Waals surface area contributed by atoms with E-state index in [4.69, 9.17) is 5.73 Å². The first kappa shape index (κ1) is 16.3. The Hall–Kier alpha value is -1.78. The fraction of sp³-hybridized carbons (Fsp3) is 0.300. The van der Waals surface area contributed by atoms with Gasteiger partial charge in [-0.25, -0.2) is 26.7 Å². The van der Waals surface area contributed by atoms with Gasteiger partial charge in [-0.15, -0.1) is 0 Å². The molecule has 0 aromatic heterocycles. The molecule has 1 unspecified atom stereocenters. The number of nitrogens with two attached hydrogens (primary N) is 1. The number of halogens is 2. The summed E-state index contributed by atoms with van der Waals surface area (Å²) < 4.78 is 55.9. The van der Waals surface area contributed by atoms with Crippen LogP contribution in [-0.2, 0) is 19.6 Å². The maximum atomic E-state index is 13.6. The third-order valence-electron chi connectivity index (χ3n) is 2.32. The summed E-state index contributed by atoms with van der Waals surface area (Å²) in [4.78, 5) is 9.99. The molecule has 1 atom stereocenters. The number of anilines is 1. The van der Waals surface area contributed by atoms with Crippen molar-refractivity contribution in [1.82, 2.24) is 4.72 Å². The molecule has 10 heteroatoms. The Labute approximate surface area is 113 Å². The van der Waals surface area contributed by atoms with Crippen molar-refractivity contribution < 1.29 is 31.8 Å². The normalized spacial score (nSPS) is 13.0. The molecule has 1 aromatic rings. The van der Waals surface area contributed by atoms with E-state index in [1.54, 1.807) is 4.72 Å². The minimum absolute atomic E-state index is 0.674. The minimum Gasteiger partial charge on any atom is -0.467 e. The average Bonchev–Trinajstić information content (AvgIpc) is 2.41. The van der Waals surface area contributed by atoms with Crippen LogP contribution in [0.1, 0.15) is 0 Å². The lowest BCUT2D eigenvalue weighted by molar-refractivity contribution is -0.149. The Morgan fingerprint density at radius 2 is 2.10 bits per heavy atom. The van der Waals surface area contributed by atoms with E-state index >= 15 is 0 Å². The standard InChI is InChI=1S/C10H12F2N2O5S/c1-19-10(16)6(15)4-14-20(17,18)7-3-2-5(11)9(13)8(7)12/h2-3,6,14-15H,4,13H2,1H3. The van der Waals surface area contributed by atoms with Crippen molar-refractivity contribution in [1.29, 1.82) is 0 Å². The van der Waals surface area contributed by atoms with E-state index in [1.807, 2.05) is 0 Å². The number of carbonyl (C=O) groups excluding carboxylic acids is 1. The molecule has 1 rings (SSSR count). The number of sulfonamides is 1. The van der Waals surface area contributed by atoms with E-state index in [0.717, 1.165) is 7.11 Å². The highest BCUT2D eigenvalue weighted by atomic mass is 32.2. The smallest absolute Gasteiger partial charge is 0.336 e. The molecule has 0 amide bonds. The van der Waals surface area contributed by atoms with Gasteiger partial charge in [0, 0.05) is 6.54 Å². The molecule has 0 bridgehead atoms. The van der Waals surface area contributed by atoms with Crippen molar-refractivity contribution in [2.24, 2.45) is 0 Å². The Balaban J connectivity index is 2.96. The van der Waals surface area contributed by atoms with Gasteiger partial charge < -0.3 is 15.6 Å². The van der Waals surface area contributed by atoms with Gasteiger partial charge in [-0.2, -0.15) is 0 Å². The number of carbonyl (C=O) groups is 1. The van der Waals surface area contributed by atoms with E-state index in [2.05, 4.69) is 4.74 Å². The highest BCUT2D eigenvalue weighted by Gasteiger charge is 2.25. The molecule has 7 nitrogen and oxygen atoms in total. The number of aliphatic hydroxyl groups excluding tert-OH is 1. The lowest BCUT2D eigenvalue weighted by Crippen LogP contribution is -2.37. The molecular formula is C10H12F2N2O5S. The van der Waals surface area contributed by atoms with Crippen LogP contribution in [0.4, 0.5) is 14.5 Å². The molecule has 0 spiro atoms. The average molecular weight is 310 g/mol. The lowest BCUT2D eigenvalue weighted by Gasteiger charge is -2.11. The number of hydrogen-bond acceptors (Lipinski definition) is 6. The van der Waals surface area contributed by atoms with Gasteiger partial charge in [0.15, 0.2) is 11.9 Å². The quantitative estimate of drug-likeness (QED) is 0.492. The number of nitrogens with one attached hydrogen (secondary N) is 1. The second-order valence-electron chi connectivity index (χ2n) is 3.66. The highest BCUT2D eigenvalue weighted by molar-refractivity contribution is 7.89. The van der Waals surface area contributed by atoms with Gasteiger partial charge in [-0.05, 0) is 12.1 Å². The van der Waals surface area contributed by atoms with Gasteiger partial charge in [0.2, 0.25) is 10.0 Å². The van der Waals surface area contributed by atoms with E-state index in [1.165, 1.54) is 0 Å². The maximum absolute atomic E-state index is 13.6. The van der Waals surface area contributed by atoms with E-state index in [9.17, 15) is 27.1 Å². The fourth-order valence-electron chi connectivity index (χ4n) is 1.24. The zero-order chi connectivity index (χ0) is 15.5. The van der Waals surface area contributed by atoms with E-state index < -0.39 is 50.9 Å². The number of aliphatic hydroxyl groups is 1. The summed E-state index contributed by atoms with van der Waals surface area (Å²) in [7, 11) is -3.41. The molecule has 112 valence electrons. The Morgan fingerprint density at radius 1 is 1.50 bits per heavy atom. The number of esters is 1. The Bertz CT molecular complexity index is 620. The van der Waals surface area contributed by atoms with Crippen molar-refractivity contribution in [3.63, 3.8) is 0 Å². The van der Waals surface area contributed by atoms with Gasteiger partial charge in [0.25, 0.3) is 0 Å². The summed E-state index contributed by atoms with van der Waals surface area (Å²) in [5, 5.41) is 9.22. The van der Waals surface area contributed by atoms with Crippen LogP contribution in [-0.4, -0.2) is 39.3 Å². The van der Waals surface area contributed by atoms with Crippen LogP contribution in [0.25, 0.3) is 0 Å². The first-order chi connectivity index (χ1) is 9.20. The van der Waals surface area contributed by atoms with Crippen molar-refractivity contribution >= 4 is 21.7 Å². The molecule has 20 heavy (non-hydrogen) atoms. The van der Waals surface area contributed by atoms with Gasteiger partial charge in [-0.3, -0.25) is 0 Å². The van der Waals surface area contributed by atoms with Gasteiger partial charge in [0.05, 0.1) is 7.11 Å². The summed E-state index contributed by atoms with van der Waals surface area (Å²) in [6.45, 7) is -0.730. The zero-order valence-electron chi connectivity index (χ0n) is 10.3. The maximum Gasteiger partial charge on any atom is 0.336 e.